The monoisotopic (exact) mass is 382 g/mol. The molecule has 9 heteroatoms. The zero-order chi connectivity index (χ0) is 18.5. The fraction of sp³-hybridized carbons (Fsp3) is 0.278. The summed E-state index contributed by atoms with van der Waals surface area (Å²) in [5, 5.41) is 19.7. The molecule has 4 rings (SSSR count). The molecule has 0 spiro atoms. The number of amides is 1. The van der Waals surface area contributed by atoms with Gasteiger partial charge in [-0.2, -0.15) is 5.10 Å². The van der Waals surface area contributed by atoms with Gasteiger partial charge in [-0.1, -0.05) is 35.4 Å². The molecule has 0 radical (unpaired) electrons. The summed E-state index contributed by atoms with van der Waals surface area (Å²) >= 11 is 1.23. The third-order valence-corrected chi connectivity index (χ3v) is 4.88. The maximum absolute atomic E-state index is 12.1. The molecular formula is C18H18N6O2S. The fourth-order valence-electron chi connectivity index (χ4n) is 2.89. The van der Waals surface area contributed by atoms with E-state index in [9.17, 15) is 4.79 Å². The van der Waals surface area contributed by atoms with Gasteiger partial charge in [0.2, 0.25) is 11.0 Å². The van der Waals surface area contributed by atoms with Gasteiger partial charge in [0.15, 0.2) is 5.82 Å². The number of ether oxygens (including phenoxy) is 1. The van der Waals surface area contributed by atoms with E-state index in [4.69, 9.17) is 4.74 Å². The first kappa shape index (κ1) is 17.3. The van der Waals surface area contributed by atoms with Crippen molar-refractivity contribution in [2.24, 2.45) is 0 Å². The Bertz CT molecular complexity index is 889. The summed E-state index contributed by atoms with van der Waals surface area (Å²) < 4.78 is 5.91. The van der Waals surface area contributed by atoms with Crippen molar-refractivity contribution in [1.82, 2.24) is 20.4 Å². The van der Waals surface area contributed by atoms with Gasteiger partial charge in [-0.25, -0.2) is 0 Å². The van der Waals surface area contributed by atoms with Gasteiger partial charge in [0.05, 0.1) is 13.0 Å². The molecule has 1 aliphatic heterocycles. The van der Waals surface area contributed by atoms with Crippen LogP contribution in [0.4, 0.5) is 10.9 Å². The molecule has 3 heterocycles. The highest BCUT2D eigenvalue weighted by molar-refractivity contribution is 7.17. The van der Waals surface area contributed by atoms with Crippen LogP contribution in [-0.2, 0) is 11.2 Å². The Kier molecular flexibility index (Phi) is 5.20. The Morgan fingerprint density at radius 2 is 2.07 bits per heavy atom. The van der Waals surface area contributed by atoms with E-state index in [2.05, 4.69) is 30.6 Å². The van der Waals surface area contributed by atoms with Crippen LogP contribution in [0.25, 0.3) is 0 Å². The molecule has 1 saturated heterocycles. The first-order valence-corrected chi connectivity index (χ1v) is 9.44. The second kappa shape index (κ2) is 8.09. The predicted molar refractivity (Wildman–Crippen MR) is 102 cm³/mol. The molecule has 0 aliphatic carbocycles. The molecule has 27 heavy (non-hydrogen) atoms. The van der Waals surface area contributed by atoms with Gasteiger partial charge in [0.1, 0.15) is 6.10 Å². The van der Waals surface area contributed by atoms with Gasteiger partial charge in [0, 0.05) is 19.2 Å². The van der Waals surface area contributed by atoms with Crippen LogP contribution in [0.1, 0.15) is 12.0 Å². The summed E-state index contributed by atoms with van der Waals surface area (Å²) in [6.07, 6.45) is 2.83. The Morgan fingerprint density at radius 3 is 2.89 bits per heavy atom. The quantitative estimate of drug-likeness (QED) is 0.698. The van der Waals surface area contributed by atoms with E-state index in [0.717, 1.165) is 24.3 Å². The van der Waals surface area contributed by atoms with Gasteiger partial charge in [0.25, 0.3) is 5.19 Å². The van der Waals surface area contributed by atoms with Gasteiger partial charge in [-0.15, -0.1) is 10.2 Å². The van der Waals surface area contributed by atoms with Crippen molar-refractivity contribution in [3.8, 4) is 5.19 Å². The van der Waals surface area contributed by atoms with Crippen LogP contribution in [0.2, 0.25) is 0 Å². The molecule has 8 nitrogen and oxygen atoms in total. The molecule has 1 aromatic carbocycles. The van der Waals surface area contributed by atoms with Crippen LogP contribution in [0.5, 0.6) is 5.19 Å². The molecule has 1 N–H and O–H groups in total. The number of hydrogen-bond acceptors (Lipinski definition) is 8. The van der Waals surface area contributed by atoms with Crippen LogP contribution in [-0.4, -0.2) is 45.5 Å². The van der Waals surface area contributed by atoms with E-state index in [0.29, 0.717) is 23.3 Å². The third kappa shape index (κ3) is 4.56. The van der Waals surface area contributed by atoms with Crippen molar-refractivity contribution >= 4 is 28.2 Å². The van der Waals surface area contributed by atoms with Crippen molar-refractivity contribution in [1.29, 1.82) is 0 Å². The van der Waals surface area contributed by atoms with E-state index >= 15 is 0 Å². The Balaban J connectivity index is 1.29. The lowest BCUT2D eigenvalue weighted by molar-refractivity contribution is -0.115. The molecule has 0 bridgehead atoms. The summed E-state index contributed by atoms with van der Waals surface area (Å²) in [7, 11) is 0. The highest BCUT2D eigenvalue weighted by Crippen LogP contribution is 2.26. The number of nitrogens with zero attached hydrogens (tertiary/aromatic N) is 5. The molecule has 0 unspecified atom stereocenters. The average molecular weight is 382 g/mol. The second-order valence-electron chi connectivity index (χ2n) is 6.14. The van der Waals surface area contributed by atoms with E-state index in [1.54, 1.807) is 6.20 Å². The minimum absolute atomic E-state index is 0.00725. The van der Waals surface area contributed by atoms with Crippen molar-refractivity contribution in [3.63, 3.8) is 0 Å². The maximum Gasteiger partial charge on any atom is 0.296 e. The summed E-state index contributed by atoms with van der Waals surface area (Å²) in [6, 6.07) is 13.4. The van der Waals surface area contributed by atoms with E-state index < -0.39 is 0 Å². The zero-order valence-electron chi connectivity index (χ0n) is 14.5. The molecule has 1 amide bonds. The molecule has 1 atom stereocenters. The lowest BCUT2D eigenvalue weighted by Gasteiger charge is -2.16. The van der Waals surface area contributed by atoms with Crippen LogP contribution in [0.3, 0.4) is 0 Å². The first-order chi connectivity index (χ1) is 13.3. The van der Waals surface area contributed by atoms with Crippen molar-refractivity contribution in [2.45, 2.75) is 18.9 Å². The van der Waals surface area contributed by atoms with Crippen LogP contribution >= 0.6 is 11.3 Å². The number of hydrogen-bond donors (Lipinski definition) is 1. The lowest BCUT2D eigenvalue weighted by Crippen LogP contribution is -2.25. The highest BCUT2D eigenvalue weighted by atomic mass is 32.1. The third-order valence-electron chi connectivity index (χ3n) is 4.16. The summed E-state index contributed by atoms with van der Waals surface area (Å²) in [4.78, 5) is 14.2. The van der Waals surface area contributed by atoms with Crippen LogP contribution < -0.4 is 15.0 Å². The number of carbonyl (C=O) groups is 1. The van der Waals surface area contributed by atoms with Crippen LogP contribution in [0.15, 0.2) is 48.7 Å². The number of benzene rings is 1. The Hall–Kier alpha value is -3.07. The van der Waals surface area contributed by atoms with E-state index in [-0.39, 0.29) is 12.0 Å². The Morgan fingerprint density at radius 1 is 1.19 bits per heavy atom. The van der Waals surface area contributed by atoms with Crippen molar-refractivity contribution in [2.75, 3.05) is 23.3 Å². The summed E-state index contributed by atoms with van der Waals surface area (Å²) in [5.74, 6) is 0.716. The van der Waals surface area contributed by atoms with E-state index in [1.165, 1.54) is 11.3 Å². The first-order valence-electron chi connectivity index (χ1n) is 8.63. The van der Waals surface area contributed by atoms with Gasteiger partial charge >= 0.3 is 0 Å². The fourth-order valence-corrected chi connectivity index (χ4v) is 3.57. The number of anilines is 2. The topological polar surface area (TPSA) is 93.1 Å². The minimum atomic E-state index is -0.126. The van der Waals surface area contributed by atoms with Crippen LogP contribution in [0, 0.1) is 0 Å². The lowest BCUT2D eigenvalue weighted by atomic mass is 10.1. The van der Waals surface area contributed by atoms with Gasteiger partial charge in [-0.3, -0.25) is 4.79 Å². The van der Waals surface area contributed by atoms with Crippen molar-refractivity contribution in [3.05, 3.63) is 54.2 Å². The number of rotatable bonds is 6. The van der Waals surface area contributed by atoms with Gasteiger partial charge in [-0.05, 0) is 29.0 Å². The minimum Gasteiger partial charge on any atom is -0.464 e. The summed E-state index contributed by atoms with van der Waals surface area (Å²) in [6.45, 7) is 1.57. The second-order valence-corrected chi connectivity index (χ2v) is 7.08. The average Bonchev–Trinajstić information content (AvgIpc) is 3.33. The Labute approximate surface area is 160 Å². The SMILES string of the molecule is O=C(Cc1ccccc1)Nc1nnc(O[C@H]2CCN(c3cccnn3)C2)s1. The predicted octanol–water partition coefficient (Wildman–Crippen LogP) is 2.17. The zero-order valence-corrected chi connectivity index (χ0v) is 15.3. The molecule has 1 aliphatic rings. The smallest absolute Gasteiger partial charge is 0.296 e. The highest BCUT2D eigenvalue weighted by Gasteiger charge is 2.26. The molecule has 0 saturated carbocycles. The normalized spacial score (nSPS) is 16.3. The standard InChI is InChI=1S/C18H18N6O2S/c25-16(11-13-5-2-1-3-6-13)20-17-22-23-18(27-17)26-14-8-10-24(12-14)15-7-4-9-19-21-15/h1-7,9,14H,8,10-12H2,(H,20,22,25)/t14-/m0/s1. The largest absolute Gasteiger partial charge is 0.464 e. The maximum atomic E-state index is 12.1. The number of nitrogens with one attached hydrogen (secondary N) is 1. The summed E-state index contributed by atoms with van der Waals surface area (Å²) in [5.41, 5.74) is 0.950. The molecule has 2 aromatic heterocycles. The van der Waals surface area contributed by atoms with Crippen molar-refractivity contribution < 1.29 is 9.53 Å². The molecule has 1 fully saturated rings. The molecule has 138 valence electrons. The molecular weight excluding hydrogens is 364 g/mol. The molecule has 3 aromatic rings. The number of aromatic nitrogens is 4. The van der Waals surface area contributed by atoms with Gasteiger partial charge < -0.3 is 15.0 Å². The number of carbonyl (C=O) groups excluding carboxylic acids is 1. The van der Waals surface area contributed by atoms with E-state index in [1.807, 2.05) is 42.5 Å².